The molecule has 140 valence electrons. The van der Waals surface area contributed by atoms with Gasteiger partial charge in [0, 0.05) is 13.0 Å². The third kappa shape index (κ3) is 3.20. The molecule has 0 spiro atoms. The Hall–Kier alpha value is -2.09. The first-order valence-electron chi connectivity index (χ1n) is 10.5. The molecule has 2 unspecified atom stereocenters. The number of amides is 1. The average molecular weight is 360 g/mol. The van der Waals surface area contributed by atoms with Gasteiger partial charge in [-0.3, -0.25) is 4.79 Å². The lowest BCUT2D eigenvalue weighted by Crippen LogP contribution is -2.55. The maximum atomic E-state index is 12.8. The molecule has 4 saturated carbocycles. The van der Waals surface area contributed by atoms with E-state index >= 15 is 0 Å². The van der Waals surface area contributed by atoms with Crippen molar-refractivity contribution in [2.45, 2.75) is 56.9 Å². The van der Waals surface area contributed by atoms with Crippen LogP contribution in [0.2, 0.25) is 0 Å². The van der Waals surface area contributed by atoms with E-state index in [2.05, 4.69) is 47.8 Å². The number of hydrogen-bond acceptors (Lipinski definition) is 1. The van der Waals surface area contributed by atoms with Crippen molar-refractivity contribution < 1.29 is 4.79 Å². The van der Waals surface area contributed by atoms with Crippen LogP contribution in [0.1, 0.15) is 56.1 Å². The highest BCUT2D eigenvalue weighted by Crippen LogP contribution is 2.66. The minimum absolute atomic E-state index is 0.223. The molecular weight excluding hydrogens is 330 g/mol. The molecule has 1 amide bonds. The van der Waals surface area contributed by atoms with E-state index in [1.807, 2.05) is 18.2 Å². The fourth-order valence-electron chi connectivity index (χ4n) is 6.99. The Morgan fingerprint density at radius 3 is 2.19 bits per heavy atom. The van der Waals surface area contributed by atoms with Crippen LogP contribution in [-0.2, 0) is 16.8 Å². The smallest absolute Gasteiger partial charge is 0.220 e. The second-order valence-electron chi connectivity index (χ2n) is 9.55. The van der Waals surface area contributed by atoms with Crippen LogP contribution in [0.25, 0.3) is 0 Å². The number of hydrogen-bond donors (Lipinski definition) is 1. The standard InChI is InChI=1S/C25H29NO/c27-23(26-17-19-7-3-1-4-8-19)16-24-12-20-11-21(13-24)15-25(14-20,18-24)22-9-5-2-6-10-22/h1-10,20-21H,11-18H2,(H,26,27). The summed E-state index contributed by atoms with van der Waals surface area (Å²) < 4.78 is 0. The van der Waals surface area contributed by atoms with E-state index in [0.717, 1.165) is 11.8 Å². The normalized spacial score (nSPS) is 33.8. The van der Waals surface area contributed by atoms with Gasteiger partial charge in [-0.15, -0.1) is 0 Å². The van der Waals surface area contributed by atoms with Gasteiger partial charge in [0.05, 0.1) is 0 Å². The summed E-state index contributed by atoms with van der Waals surface area (Å²) in [5, 5.41) is 3.19. The van der Waals surface area contributed by atoms with E-state index in [1.165, 1.54) is 49.7 Å². The highest BCUT2D eigenvalue weighted by atomic mass is 16.1. The molecule has 0 heterocycles. The lowest BCUT2D eigenvalue weighted by molar-refractivity contribution is -0.131. The van der Waals surface area contributed by atoms with Crippen molar-refractivity contribution in [1.29, 1.82) is 0 Å². The topological polar surface area (TPSA) is 29.1 Å². The highest BCUT2D eigenvalue weighted by Gasteiger charge is 2.58. The molecule has 2 heteroatoms. The van der Waals surface area contributed by atoms with Gasteiger partial charge in [-0.25, -0.2) is 0 Å². The van der Waals surface area contributed by atoms with Crippen molar-refractivity contribution in [2.75, 3.05) is 0 Å². The number of nitrogens with one attached hydrogen (secondary N) is 1. The maximum absolute atomic E-state index is 12.8. The Morgan fingerprint density at radius 2 is 1.52 bits per heavy atom. The molecule has 0 radical (unpaired) electrons. The van der Waals surface area contributed by atoms with E-state index < -0.39 is 0 Å². The second kappa shape index (κ2) is 6.51. The van der Waals surface area contributed by atoms with Crippen LogP contribution in [0.15, 0.2) is 60.7 Å². The van der Waals surface area contributed by atoms with E-state index in [-0.39, 0.29) is 11.3 Å². The zero-order valence-electron chi connectivity index (χ0n) is 16.0. The molecule has 4 fully saturated rings. The van der Waals surface area contributed by atoms with Crippen LogP contribution in [0.5, 0.6) is 0 Å². The summed E-state index contributed by atoms with van der Waals surface area (Å²) in [4.78, 5) is 12.8. The Kier molecular flexibility index (Phi) is 4.11. The van der Waals surface area contributed by atoms with Crippen molar-refractivity contribution in [2.24, 2.45) is 17.3 Å². The summed E-state index contributed by atoms with van der Waals surface area (Å²) in [6.45, 7) is 0.645. The first-order valence-corrected chi connectivity index (χ1v) is 10.5. The molecule has 4 aliphatic carbocycles. The molecule has 0 saturated heterocycles. The van der Waals surface area contributed by atoms with Gasteiger partial charge in [-0.05, 0) is 72.3 Å². The fourth-order valence-corrected chi connectivity index (χ4v) is 6.99. The van der Waals surface area contributed by atoms with Crippen LogP contribution in [0.3, 0.4) is 0 Å². The van der Waals surface area contributed by atoms with Gasteiger partial charge in [0.1, 0.15) is 0 Å². The first kappa shape index (κ1) is 17.0. The van der Waals surface area contributed by atoms with Gasteiger partial charge >= 0.3 is 0 Å². The number of benzene rings is 2. The minimum atomic E-state index is 0.223. The van der Waals surface area contributed by atoms with Crippen molar-refractivity contribution in [1.82, 2.24) is 5.32 Å². The van der Waals surface area contributed by atoms with Crippen LogP contribution in [-0.4, -0.2) is 5.91 Å². The zero-order chi connectivity index (χ0) is 18.3. The average Bonchev–Trinajstić information content (AvgIpc) is 2.66. The maximum Gasteiger partial charge on any atom is 0.220 e. The Morgan fingerprint density at radius 1 is 0.889 bits per heavy atom. The largest absolute Gasteiger partial charge is 0.352 e. The second-order valence-corrected chi connectivity index (χ2v) is 9.55. The summed E-state index contributed by atoms with van der Waals surface area (Å²) >= 11 is 0. The van der Waals surface area contributed by atoms with E-state index in [9.17, 15) is 4.79 Å². The predicted molar refractivity (Wildman–Crippen MR) is 108 cm³/mol. The molecule has 6 rings (SSSR count). The van der Waals surface area contributed by atoms with E-state index in [0.29, 0.717) is 18.4 Å². The van der Waals surface area contributed by atoms with Gasteiger partial charge in [0.2, 0.25) is 5.91 Å². The number of rotatable bonds is 5. The van der Waals surface area contributed by atoms with Crippen molar-refractivity contribution in [3.63, 3.8) is 0 Å². The Bertz CT molecular complexity index is 799. The number of carbonyl (C=O) groups is 1. The summed E-state index contributed by atoms with van der Waals surface area (Å²) in [5.41, 5.74) is 3.25. The molecule has 1 N–H and O–H groups in total. The van der Waals surface area contributed by atoms with Crippen LogP contribution in [0.4, 0.5) is 0 Å². The predicted octanol–water partition coefficient (Wildman–Crippen LogP) is 5.23. The van der Waals surface area contributed by atoms with Crippen molar-refractivity contribution >= 4 is 5.91 Å². The molecule has 2 nitrogen and oxygen atoms in total. The molecule has 0 aliphatic heterocycles. The Labute approximate surface area is 162 Å². The van der Waals surface area contributed by atoms with E-state index in [4.69, 9.17) is 0 Å². The third-order valence-electron chi connectivity index (χ3n) is 7.44. The van der Waals surface area contributed by atoms with Gasteiger partial charge in [-0.2, -0.15) is 0 Å². The molecular formula is C25H29NO. The summed E-state index contributed by atoms with van der Waals surface area (Å²) in [5.74, 6) is 1.87. The fraction of sp³-hybridized carbons (Fsp3) is 0.480. The third-order valence-corrected chi connectivity index (χ3v) is 7.44. The lowest BCUT2D eigenvalue weighted by Gasteiger charge is -2.62. The van der Waals surface area contributed by atoms with Gasteiger partial charge in [0.15, 0.2) is 0 Å². The van der Waals surface area contributed by atoms with Crippen LogP contribution >= 0.6 is 0 Å². The van der Waals surface area contributed by atoms with Crippen molar-refractivity contribution in [3.8, 4) is 0 Å². The molecule has 27 heavy (non-hydrogen) atoms. The Balaban J connectivity index is 1.33. The summed E-state index contributed by atoms with van der Waals surface area (Å²) in [7, 11) is 0. The monoisotopic (exact) mass is 359 g/mol. The summed E-state index contributed by atoms with van der Waals surface area (Å²) in [6.07, 6.45) is 8.49. The molecule has 4 aliphatic rings. The lowest BCUT2D eigenvalue weighted by atomic mass is 9.42. The van der Waals surface area contributed by atoms with E-state index in [1.54, 1.807) is 0 Å². The highest BCUT2D eigenvalue weighted by molar-refractivity contribution is 5.76. The van der Waals surface area contributed by atoms with Crippen LogP contribution < -0.4 is 5.32 Å². The molecule has 2 aromatic rings. The zero-order valence-corrected chi connectivity index (χ0v) is 16.0. The van der Waals surface area contributed by atoms with Crippen LogP contribution in [0, 0.1) is 17.3 Å². The molecule has 2 atom stereocenters. The van der Waals surface area contributed by atoms with Crippen molar-refractivity contribution in [3.05, 3.63) is 71.8 Å². The summed E-state index contributed by atoms with van der Waals surface area (Å²) in [6, 6.07) is 21.4. The molecule has 4 bridgehead atoms. The first-order chi connectivity index (χ1) is 13.1. The van der Waals surface area contributed by atoms with Gasteiger partial charge in [-0.1, -0.05) is 60.7 Å². The minimum Gasteiger partial charge on any atom is -0.352 e. The molecule has 2 aromatic carbocycles. The van der Waals surface area contributed by atoms with Gasteiger partial charge < -0.3 is 5.32 Å². The SMILES string of the molecule is O=C(CC12CC3CC(C1)CC(c1ccccc1)(C3)C2)NCc1ccccc1. The number of carbonyl (C=O) groups excluding carboxylic acids is 1. The molecule has 0 aromatic heterocycles. The quantitative estimate of drug-likeness (QED) is 0.778. The van der Waals surface area contributed by atoms with Gasteiger partial charge in [0.25, 0.3) is 0 Å².